The zero-order valence-corrected chi connectivity index (χ0v) is 14.2. The first-order valence-electron chi connectivity index (χ1n) is 7.25. The van der Waals surface area contributed by atoms with Gasteiger partial charge < -0.3 is 10.6 Å². The van der Waals surface area contributed by atoms with Crippen molar-refractivity contribution in [1.29, 1.82) is 0 Å². The van der Waals surface area contributed by atoms with Gasteiger partial charge in [-0.25, -0.2) is 4.39 Å². The molecule has 1 aromatic carbocycles. The topological polar surface area (TPSA) is 32.5 Å². The van der Waals surface area contributed by atoms with E-state index in [2.05, 4.69) is 37.7 Å². The molecule has 0 radical (unpaired) electrons. The number of benzene rings is 1. The number of nitrogens with zero attached hydrogens (tertiary/aromatic N) is 2. The molecule has 0 aliphatic rings. The summed E-state index contributed by atoms with van der Waals surface area (Å²) in [5.74, 6) is 0.270. The molecule has 0 atom stereocenters. The summed E-state index contributed by atoms with van der Waals surface area (Å²) in [4.78, 5) is 4.77. The molecule has 0 saturated carbocycles. The van der Waals surface area contributed by atoms with Crippen molar-refractivity contribution in [3.8, 4) is 0 Å². The lowest BCUT2D eigenvalue weighted by Gasteiger charge is -2.26. The minimum atomic E-state index is -0.301. The predicted molar refractivity (Wildman–Crippen MR) is 91.0 cm³/mol. The number of hydrogen-bond donors (Lipinski definition) is 1. The maximum absolute atomic E-state index is 13.4. The van der Waals surface area contributed by atoms with Crippen LogP contribution in [0.1, 0.15) is 25.0 Å². The van der Waals surface area contributed by atoms with E-state index in [0.717, 1.165) is 31.7 Å². The SMILES string of the molecule is CC(C)CN(CCN(C)C)Cc1ccc(F)cc1C(N)=S. The first-order chi connectivity index (χ1) is 9.79. The highest BCUT2D eigenvalue weighted by Crippen LogP contribution is 2.15. The van der Waals surface area contributed by atoms with Crippen LogP contribution in [0.3, 0.4) is 0 Å². The van der Waals surface area contributed by atoms with Crippen molar-refractivity contribution in [2.45, 2.75) is 20.4 Å². The van der Waals surface area contributed by atoms with Crippen LogP contribution in [0.5, 0.6) is 0 Å². The fourth-order valence-electron chi connectivity index (χ4n) is 2.25. The normalized spacial score (nSPS) is 11.6. The molecule has 1 rings (SSSR count). The average Bonchev–Trinajstić information content (AvgIpc) is 2.37. The van der Waals surface area contributed by atoms with Gasteiger partial charge in [-0.1, -0.05) is 32.1 Å². The zero-order chi connectivity index (χ0) is 16.0. The molecule has 5 heteroatoms. The molecule has 0 aliphatic carbocycles. The van der Waals surface area contributed by atoms with E-state index in [4.69, 9.17) is 18.0 Å². The monoisotopic (exact) mass is 311 g/mol. The van der Waals surface area contributed by atoms with Crippen LogP contribution in [0, 0.1) is 11.7 Å². The Bertz CT molecular complexity index is 475. The number of nitrogens with two attached hydrogens (primary N) is 1. The Hall–Kier alpha value is -1.04. The van der Waals surface area contributed by atoms with Crippen molar-refractivity contribution < 1.29 is 4.39 Å². The van der Waals surface area contributed by atoms with Gasteiger partial charge in [0.2, 0.25) is 0 Å². The number of rotatable bonds is 8. The summed E-state index contributed by atoms with van der Waals surface area (Å²) in [6.45, 7) is 8.06. The minimum absolute atomic E-state index is 0.251. The highest BCUT2D eigenvalue weighted by molar-refractivity contribution is 7.80. The Labute approximate surface area is 132 Å². The molecule has 21 heavy (non-hydrogen) atoms. The third-order valence-electron chi connectivity index (χ3n) is 3.22. The van der Waals surface area contributed by atoms with Gasteiger partial charge in [-0.15, -0.1) is 0 Å². The fourth-order valence-corrected chi connectivity index (χ4v) is 2.44. The second-order valence-corrected chi connectivity index (χ2v) is 6.54. The summed E-state index contributed by atoms with van der Waals surface area (Å²) in [6, 6.07) is 4.68. The first-order valence-corrected chi connectivity index (χ1v) is 7.65. The van der Waals surface area contributed by atoms with Gasteiger partial charge >= 0.3 is 0 Å². The molecule has 2 N–H and O–H groups in total. The smallest absolute Gasteiger partial charge is 0.123 e. The standard InChI is InChI=1S/C16H26FN3S/c1-12(2)10-20(8-7-19(3)4)11-13-5-6-14(17)9-15(13)16(18)21/h5-6,9,12H,7-8,10-11H2,1-4H3,(H2,18,21). The van der Waals surface area contributed by atoms with Crippen molar-refractivity contribution in [3.05, 3.63) is 35.1 Å². The van der Waals surface area contributed by atoms with E-state index in [9.17, 15) is 4.39 Å². The Morgan fingerprint density at radius 1 is 1.29 bits per heavy atom. The molecule has 0 unspecified atom stereocenters. The third-order valence-corrected chi connectivity index (χ3v) is 3.44. The summed E-state index contributed by atoms with van der Waals surface area (Å²) in [5.41, 5.74) is 7.35. The molecule has 0 aromatic heterocycles. The highest BCUT2D eigenvalue weighted by atomic mass is 32.1. The van der Waals surface area contributed by atoms with E-state index in [1.807, 2.05) is 0 Å². The Kier molecular flexibility index (Phi) is 7.22. The summed E-state index contributed by atoms with van der Waals surface area (Å²) in [7, 11) is 4.12. The molecule has 0 aliphatic heterocycles. The van der Waals surface area contributed by atoms with Gasteiger partial charge in [0.25, 0.3) is 0 Å². The summed E-state index contributed by atoms with van der Waals surface area (Å²) >= 11 is 5.04. The molecule has 0 saturated heterocycles. The number of thiocarbonyl (C=S) groups is 1. The van der Waals surface area contributed by atoms with Crippen LogP contribution >= 0.6 is 12.2 Å². The van der Waals surface area contributed by atoms with E-state index in [0.29, 0.717) is 11.5 Å². The molecule has 3 nitrogen and oxygen atoms in total. The largest absolute Gasteiger partial charge is 0.389 e. The van der Waals surface area contributed by atoms with Crippen LogP contribution in [-0.2, 0) is 6.54 Å². The van der Waals surface area contributed by atoms with Gasteiger partial charge in [0.1, 0.15) is 10.8 Å². The van der Waals surface area contributed by atoms with Crippen LogP contribution in [0.25, 0.3) is 0 Å². The lowest BCUT2D eigenvalue weighted by atomic mass is 10.1. The Morgan fingerprint density at radius 2 is 1.95 bits per heavy atom. The van der Waals surface area contributed by atoms with Gasteiger partial charge in [0.05, 0.1) is 0 Å². The van der Waals surface area contributed by atoms with Crippen LogP contribution in [-0.4, -0.2) is 48.5 Å². The van der Waals surface area contributed by atoms with Gasteiger partial charge in [-0.05, 0) is 37.7 Å². The van der Waals surface area contributed by atoms with Gasteiger partial charge in [-0.2, -0.15) is 0 Å². The molecule has 0 fully saturated rings. The van der Waals surface area contributed by atoms with E-state index >= 15 is 0 Å². The van der Waals surface area contributed by atoms with Gasteiger partial charge in [-0.3, -0.25) is 4.90 Å². The summed E-state index contributed by atoms with van der Waals surface area (Å²) in [5, 5.41) is 0. The lowest BCUT2D eigenvalue weighted by molar-refractivity contribution is 0.211. The summed E-state index contributed by atoms with van der Waals surface area (Å²) in [6.07, 6.45) is 0. The average molecular weight is 311 g/mol. The number of likely N-dealkylation sites (N-methyl/N-ethyl adjacent to an activating group) is 1. The van der Waals surface area contributed by atoms with E-state index < -0.39 is 0 Å². The van der Waals surface area contributed by atoms with E-state index in [-0.39, 0.29) is 10.8 Å². The van der Waals surface area contributed by atoms with Crippen molar-refractivity contribution in [2.24, 2.45) is 11.7 Å². The Morgan fingerprint density at radius 3 is 2.48 bits per heavy atom. The van der Waals surface area contributed by atoms with Gasteiger partial charge in [0, 0.05) is 31.7 Å². The van der Waals surface area contributed by atoms with E-state index in [1.165, 1.54) is 12.1 Å². The zero-order valence-electron chi connectivity index (χ0n) is 13.4. The molecule has 0 bridgehead atoms. The fraction of sp³-hybridized carbons (Fsp3) is 0.562. The third kappa shape index (κ3) is 6.50. The molecule has 1 aromatic rings. The summed E-state index contributed by atoms with van der Waals surface area (Å²) < 4.78 is 13.4. The molecular formula is C16H26FN3S. The van der Waals surface area contributed by atoms with Crippen LogP contribution < -0.4 is 5.73 Å². The van der Waals surface area contributed by atoms with Crippen molar-refractivity contribution in [2.75, 3.05) is 33.7 Å². The molecule has 0 spiro atoms. The van der Waals surface area contributed by atoms with Crippen molar-refractivity contribution in [3.63, 3.8) is 0 Å². The molecule has 0 heterocycles. The number of hydrogen-bond acceptors (Lipinski definition) is 3. The van der Waals surface area contributed by atoms with Crippen LogP contribution in [0.15, 0.2) is 18.2 Å². The van der Waals surface area contributed by atoms with Gasteiger partial charge in [0.15, 0.2) is 0 Å². The maximum atomic E-state index is 13.4. The van der Waals surface area contributed by atoms with E-state index in [1.54, 1.807) is 6.07 Å². The Balaban J connectivity index is 2.89. The molecule has 0 amide bonds. The van der Waals surface area contributed by atoms with Crippen LogP contribution in [0.4, 0.5) is 4.39 Å². The number of halogens is 1. The van der Waals surface area contributed by atoms with Crippen molar-refractivity contribution in [1.82, 2.24) is 9.80 Å². The highest BCUT2D eigenvalue weighted by Gasteiger charge is 2.13. The van der Waals surface area contributed by atoms with Crippen LogP contribution in [0.2, 0.25) is 0 Å². The quantitative estimate of drug-likeness (QED) is 0.748. The van der Waals surface area contributed by atoms with Crippen molar-refractivity contribution >= 4 is 17.2 Å². The second kappa shape index (κ2) is 8.41. The lowest BCUT2D eigenvalue weighted by Crippen LogP contribution is -2.34. The second-order valence-electron chi connectivity index (χ2n) is 6.10. The minimum Gasteiger partial charge on any atom is -0.389 e. The molecule has 118 valence electrons. The maximum Gasteiger partial charge on any atom is 0.123 e. The predicted octanol–water partition coefficient (Wildman–Crippen LogP) is 2.48. The molecular weight excluding hydrogens is 285 g/mol. The first kappa shape index (κ1) is 18.0.